The van der Waals surface area contributed by atoms with Gasteiger partial charge in [0.1, 0.15) is 5.75 Å². The Morgan fingerprint density at radius 3 is 2.31 bits per heavy atom. The fraction of sp³-hybridized carbons (Fsp3) is 0.400. The highest BCUT2D eigenvalue weighted by molar-refractivity contribution is 5.31. The van der Waals surface area contributed by atoms with E-state index in [0.717, 1.165) is 44.3 Å². The van der Waals surface area contributed by atoms with Crippen LogP contribution in [0.15, 0.2) is 79.6 Å². The van der Waals surface area contributed by atoms with Crippen molar-refractivity contribution in [1.82, 2.24) is 19.9 Å². The molecule has 190 valence electrons. The molecule has 3 unspecified atom stereocenters. The van der Waals surface area contributed by atoms with Crippen LogP contribution in [0.4, 0.5) is 0 Å². The molecule has 0 aliphatic carbocycles. The lowest BCUT2D eigenvalue weighted by Gasteiger charge is -2.27. The summed E-state index contributed by atoms with van der Waals surface area (Å²) in [5.41, 5.74) is 4.98. The van der Waals surface area contributed by atoms with E-state index in [-0.39, 0.29) is 6.10 Å². The van der Waals surface area contributed by atoms with Crippen molar-refractivity contribution in [1.29, 1.82) is 0 Å². The van der Waals surface area contributed by atoms with Crippen molar-refractivity contribution in [3.8, 4) is 5.75 Å². The minimum Gasteiger partial charge on any atom is -0.497 e. The van der Waals surface area contributed by atoms with Crippen LogP contribution in [0.5, 0.6) is 5.75 Å². The zero-order valence-electron chi connectivity index (χ0n) is 21.4. The van der Waals surface area contributed by atoms with Gasteiger partial charge in [0.25, 0.3) is 0 Å². The number of rotatable bonds is 15. The Morgan fingerprint density at radius 2 is 1.64 bits per heavy atom. The molecule has 0 bridgehead atoms. The van der Waals surface area contributed by atoms with Gasteiger partial charge in [-0.05, 0) is 67.7 Å². The van der Waals surface area contributed by atoms with Crippen LogP contribution in [0, 0.1) is 0 Å². The maximum atomic E-state index is 6.60. The maximum Gasteiger partial charge on any atom is 0.118 e. The molecule has 4 aromatic rings. The van der Waals surface area contributed by atoms with Crippen molar-refractivity contribution >= 4 is 0 Å². The van der Waals surface area contributed by atoms with E-state index in [1.807, 2.05) is 12.4 Å². The van der Waals surface area contributed by atoms with Crippen LogP contribution in [-0.2, 0) is 17.6 Å². The Bertz CT molecular complexity index is 1100. The topological polar surface area (TPSA) is 75.8 Å². The summed E-state index contributed by atoms with van der Waals surface area (Å²) in [5, 5.41) is 0. The zero-order valence-corrected chi connectivity index (χ0v) is 21.4. The van der Waals surface area contributed by atoms with Gasteiger partial charge in [0, 0.05) is 36.3 Å². The molecule has 0 saturated heterocycles. The highest BCUT2D eigenvalue weighted by Crippen LogP contribution is 2.38. The molecule has 2 aromatic heterocycles. The van der Waals surface area contributed by atoms with Gasteiger partial charge in [0.15, 0.2) is 0 Å². The van der Waals surface area contributed by atoms with Crippen LogP contribution in [0.2, 0.25) is 0 Å². The van der Waals surface area contributed by atoms with Crippen molar-refractivity contribution in [2.45, 2.75) is 63.4 Å². The number of methoxy groups -OCH3 is 1. The monoisotopic (exact) mass is 486 g/mol. The molecule has 6 nitrogen and oxygen atoms in total. The standard InChI is InChI=1S/C30H38N4O2/c1-3-28(30-20-32-22-34-30)29(24-12-14-26(35-2)15-13-24)16-17-36-27(18-23-8-5-4-6-9-23)11-7-10-25-19-31-21-33-25/h4-6,8-9,12-15,19-22,27-29H,3,7,10-11,16-18H2,1-2H3,(H,31,33)(H,32,34). The lowest BCUT2D eigenvalue weighted by atomic mass is 9.80. The lowest BCUT2D eigenvalue weighted by molar-refractivity contribution is 0.0406. The zero-order chi connectivity index (χ0) is 25.0. The number of nitrogens with zero attached hydrogens (tertiary/aromatic N) is 2. The first-order valence-electron chi connectivity index (χ1n) is 13.0. The van der Waals surface area contributed by atoms with Gasteiger partial charge < -0.3 is 19.4 Å². The third-order valence-corrected chi connectivity index (χ3v) is 7.00. The van der Waals surface area contributed by atoms with E-state index < -0.39 is 0 Å². The summed E-state index contributed by atoms with van der Waals surface area (Å²) >= 11 is 0. The summed E-state index contributed by atoms with van der Waals surface area (Å²) in [6.07, 6.45) is 13.5. The van der Waals surface area contributed by atoms with Gasteiger partial charge in [0.05, 0.1) is 25.9 Å². The van der Waals surface area contributed by atoms with E-state index in [9.17, 15) is 0 Å². The predicted molar refractivity (Wildman–Crippen MR) is 143 cm³/mol. The largest absolute Gasteiger partial charge is 0.497 e. The van der Waals surface area contributed by atoms with E-state index in [2.05, 4.69) is 81.5 Å². The second kappa shape index (κ2) is 13.6. The Balaban J connectivity index is 1.43. The molecule has 0 aliphatic rings. The van der Waals surface area contributed by atoms with Crippen LogP contribution in [-0.4, -0.2) is 39.8 Å². The second-order valence-electron chi connectivity index (χ2n) is 9.34. The Morgan fingerprint density at radius 1 is 0.861 bits per heavy atom. The first kappa shape index (κ1) is 25.7. The molecule has 0 aliphatic heterocycles. The van der Waals surface area contributed by atoms with Crippen molar-refractivity contribution in [2.24, 2.45) is 0 Å². The van der Waals surface area contributed by atoms with Crippen LogP contribution in [0.1, 0.15) is 67.0 Å². The first-order valence-corrected chi connectivity index (χ1v) is 13.0. The third kappa shape index (κ3) is 7.31. The number of benzene rings is 2. The Hall–Kier alpha value is -3.38. The quantitative estimate of drug-likeness (QED) is 0.202. The van der Waals surface area contributed by atoms with Gasteiger partial charge in [-0.1, -0.05) is 49.4 Å². The number of hydrogen-bond donors (Lipinski definition) is 2. The summed E-state index contributed by atoms with van der Waals surface area (Å²) in [5.74, 6) is 1.55. The van der Waals surface area contributed by atoms with Crippen molar-refractivity contribution in [3.05, 3.63) is 102 Å². The van der Waals surface area contributed by atoms with Crippen LogP contribution >= 0.6 is 0 Å². The summed E-state index contributed by atoms with van der Waals surface area (Å²) in [7, 11) is 1.71. The van der Waals surface area contributed by atoms with E-state index in [1.54, 1.807) is 19.8 Å². The number of nitrogens with one attached hydrogen (secondary N) is 2. The SMILES string of the molecule is CCC(c1cnc[nH]1)C(CCOC(CCCc1cnc[nH]1)Cc1ccccc1)c1ccc(OC)cc1. The average molecular weight is 487 g/mol. The van der Waals surface area contributed by atoms with Gasteiger partial charge >= 0.3 is 0 Å². The Kier molecular flexibility index (Phi) is 9.74. The van der Waals surface area contributed by atoms with Crippen molar-refractivity contribution < 1.29 is 9.47 Å². The molecule has 0 radical (unpaired) electrons. The fourth-order valence-corrected chi connectivity index (χ4v) is 5.07. The maximum absolute atomic E-state index is 6.60. The van der Waals surface area contributed by atoms with Gasteiger partial charge in [-0.2, -0.15) is 0 Å². The Labute approximate surface area is 214 Å². The lowest BCUT2D eigenvalue weighted by Crippen LogP contribution is -2.20. The predicted octanol–water partition coefficient (Wildman–Crippen LogP) is 6.46. The highest BCUT2D eigenvalue weighted by atomic mass is 16.5. The van der Waals surface area contributed by atoms with Gasteiger partial charge in [0.2, 0.25) is 0 Å². The van der Waals surface area contributed by atoms with E-state index in [0.29, 0.717) is 18.4 Å². The fourth-order valence-electron chi connectivity index (χ4n) is 5.07. The van der Waals surface area contributed by atoms with Gasteiger partial charge in [-0.25, -0.2) is 9.97 Å². The minimum atomic E-state index is 0.180. The van der Waals surface area contributed by atoms with Gasteiger partial charge in [-0.3, -0.25) is 0 Å². The number of aryl methyl sites for hydroxylation is 1. The molecule has 4 rings (SSSR count). The number of imidazole rings is 2. The molecular weight excluding hydrogens is 448 g/mol. The summed E-state index contributed by atoms with van der Waals surface area (Å²) in [6, 6.07) is 19.1. The van der Waals surface area contributed by atoms with Gasteiger partial charge in [-0.15, -0.1) is 0 Å². The van der Waals surface area contributed by atoms with Crippen LogP contribution in [0.25, 0.3) is 0 Å². The van der Waals surface area contributed by atoms with E-state index >= 15 is 0 Å². The molecule has 2 heterocycles. The average Bonchev–Trinajstić information content (AvgIpc) is 3.64. The van der Waals surface area contributed by atoms with Crippen molar-refractivity contribution in [3.63, 3.8) is 0 Å². The van der Waals surface area contributed by atoms with Crippen molar-refractivity contribution in [2.75, 3.05) is 13.7 Å². The van der Waals surface area contributed by atoms with Crippen LogP contribution < -0.4 is 4.74 Å². The highest BCUT2D eigenvalue weighted by Gasteiger charge is 2.25. The number of H-pyrrole nitrogens is 2. The number of aromatic amines is 2. The number of ether oxygens (including phenoxy) is 2. The number of hydrogen-bond acceptors (Lipinski definition) is 4. The molecule has 0 amide bonds. The minimum absolute atomic E-state index is 0.180. The third-order valence-electron chi connectivity index (χ3n) is 7.00. The molecule has 3 atom stereocenters. The van der Waals surface area contributed by atoms with E-state index in [4.69, 9.17) is 9.47 Å². The summed E-state index contributed by atoms with van der Waals surface area (Å²) < 4.78 is 12.0. The molecular formula is C30H38N4O2. The number of aromatic nitrogens is 4. The normalized spacial score (nSPS) is 13.8. The molecule has 2 N–H and O–H groups in total. The van der Waals surface area contributed by atoms with E-state index in [1.165, 1.54) is 22.5 Å². The smallest absolute Gasteiger partial charge is 0.118 e. The molecule has 36 heavy (non-hydrogen) atoms. The summed E-state index contributed by atoms with van der Waals surface area (Å²) in [6.45, 7) is 2.96. The summed E-state index contributed by atoms with van der Waals surface area (Å²) in [4.78, 5) is 15.0. The van der Waals surface area contributed by atoms with Crippen LogP contribution in [0.3, 0.4) is 0 Å². The molecule has 0 spiro atoms. The molecule has 6 heteroatoms. The molecule has 0 fully saturated rings. The molecule has 0 saturated carbocycles. The molecule has 2 aromatic carbocycles. The first-order chi connectivity index (χ1) is 17.8. The second-order valence-corrected chi connectivity index (χ2v) is 9.34.